The average molecular weight is 457 g/mol. The van der Waals surface area contributed by atoms with Gasteiger partial charge in [-0.2, -0.15) is 0 Å². The molecule has 2 rings (SSSR count). The summed E-state index contributed by atoms with van der Waals surface area (Å²) in [5, 5.41) is 6.88. The predicted octanol–water partition coefficient (Wildman–Crippen LogP) is 9.38. The van der Waals surface area contributed by atoms with Crippen LogP contribution in [0.25, 0.3) is 0 Å². The van der Waals surface area contributed by atoms with Crippen LogP contribution in [0.2, 0.25) is 0 Å². The van der Waals surface area contributed by atoms with E-state index < -0.39 is 0 Å². The van der Waals surface area contributed by atoms with Gasteiger partial charge in [0.05, 0.1) is 6.04 Å². The Morgan fingerprint density at radius 1 is 0.909 bits per heavy atom. The van der Waals surface area contributed by atoms with Crippen LogP contribution in [0.15, 0.2) is 78.7 Å². The van der Waals surface area contributed by atoms with Crippen LogP contribution in [0.1, 0.15) is 100.0 Å². The number of hydrogen-bond donors (Lipinski definition) is 2. The molecular formula is C31H56N2. The Morgan fingerprint density at radius 3 is 1.82 bits per heavy atom. The molecule has 1 aromatic carbocycles. The molecular weight excluding hydrogens is 400 g/mol. The second-order valence-electron chi connectivity index (χ2n) is 7.15. The quantitative estimate of drug-likeness (QED) is 0.343. The van der Waals surface area contributed by atoms with Crippen LogP contribution in [-0.2, 0) is 6.42 Å². The molecule has 1 unspecified atom stereocenters. The highest BCUT2D eigenvalue weighted by atomic mass is 15.0. The van der Waals surface area contributed by atoms with Crippen LogP contribution in [0, 0.1) is 0 Å². The maximum Gasteiger partial charge on any atom is 0.0690 e. The van der Waals surface area contributed by atoms with E-state index in [4.69, 9.17) is 0 Å². The molecule has 0 aromatic heterocycles. The molecule has 1 aromatic rings. The van der Waals surface area contributed by atoms with Gasteiger partial charge in [0.25, 0.3) is 0 Å². The van der Waals surface area contributed by atoms with E-state index in [2.05, 4.69) is 73.2 Å². The Hall–Kier alpha value is -2.22. The van der Waals surface area contributed by atoms with E-state index in [9.17, 15) is 0 Å². The summed E-state index contributed by atoms with van der Waals surface area (Å²) in [5.41, 5.74) is 4.59. The number of nitrogens with one attached hydrogen (secondary N) is 2. The van der Waals surface area contributed by atoms with Crippen molar-refractivity contribution in [1.29, 1.82) is 0 Å². The van der Waals surface area contributed by atoms with Crippen molar-refractivity contribution in [3.05, 3.63) is 84.2 Å². The van der Waals surface area contributed by atoms with Crippen molar-refractivity contribution in [2.75, 3.05) is 6.54 Å². The van der Waals surface area contributed by atoms with Crippen LogP contribution in [0.5, 0.6) is 0 Å². The van der Waals surface area contributed by atoms with Crippen molar-refractivity contribution in [2.45, 2.75) is 107 Å². The van der Waals surface area contributed by atoms with E-state index >= 15 is 0 Å². The fourth-order valence-corrected chi connectivity index (χ4v) is 2.68. The molecule has 2 nitrogen and oxygen atoms in total. The maximum atomic E-state index is 4.22. The van der Waals surface area contributed by atoms with E-state index in [-0.39, 0.29) is 6.04 Å². The van der Waals surface area contributed by atoms with Gasteiger partial charge in [0, 0.05) is 17.9 Å². The Morgan fingerprint density at radius 2 is 1.42 bits per heavy atom. The minimum atomic E-state index is 0.144. The van der Waals surface area contributed by atoms with Gasteiger partial charge >= 0.3 is 0 Å². The van der Waals surface area contributed by atoms with E-state index in [1.165, 1.54) is 36.8 Å². The molecule has 0 radical (unpaired) electrons. The molecule has 0 bridgehead atoms. The van der Waals surface area contributed by atoms with Gasteiger partial charge in [-0.25, -0.2) is 0 Å². The third kappa shape index (κ3) is 21.4. The Balaban J connectivity index is -0.000000760. The standard InChI is InChI=1S/C21H30N2.C4H8.3C2H6/c1-6-11-19(7-2)16-21(23-17(3)4)18(5)22-15-14-20-12-9-8-10-13-20;1-2-4-3-1;3*1-2/h6-13,21-23H,3,5,14-16H2,1-2,4H3;1-4H2;3*1-2H3/b11-6-,19-7+;;;;. The summed E-state index contributed by atoms with van der Waals surface area (Å²) < 4.78 is 0. The van der Waals surface area contributed by atoms with Gasteiger partial charge in [0.2, 0.25) is 0 Å². The monoisotopic (exact) mass is 456 g/mol. The lowest BCUT2D eigenvalue weighted by atomic mass is 10.0. The summed E-state index contributed by atoms with van der Waals surface area (Å²) in [6, 6.07) is 10.6. The number of rotatable bonds is 10. The molecule has 1 fully saturated rings. The molecule has 1 atom stereocenters. The highest BCUT2D eigenvalue weighted by Gasteiger charge is 2.13. The molecule has 1 aliphatic carbocycles. The van der Waals surface area contributed by atoms with Gasteiger partial charge < -0.3 is 10.6 Å². The van der Waals surface area contributed by atoms with E-state index in [1.54, 1.807) is 0 Å². The van der Waals surface area contributed by atoms with Crippen LogP contribution < -0.4 is 10.6 Å². The molecule has 1 saturated carbocycles. The van der Waals surface area contributed by atoms with Crippen molar-refractivity contribution in [2.24, 2.45) is 0 Å². The van der Waals surface area contributed by atoms with E-state index in [0.717, 1.165) is 30.8 Å². The number of benzene rings is 1. The molecule has 1 aliphatic rings. The highest BCUT2D eigenvalue weighted by Crippen LogP contribution is 2.15. The average Bonchev–Trinajstić information content (AvgIpc) is 2.81. The lowest BCUT2D eigenvalue weighted by Gasteiger charge is -2.24. The number of allylic oxidation sites excluding steroid dienone is 4. The van der Waals surface area contributed by atoms with Gasteiger partial charge in [-0.05, 0) is 39.2 Å². The van der Waals surface area contributed by atoms with Gasteiger partial charge in [0.15, 0.2) is 0 Å². The normalized spacial score (nSPS) is 12.5. The first-order valence-electron chi connectivity index (χ1n) is 13.2. The van der Waals surface area contributed by atoms with Crippen LogP contribution in [0.4, 0.5) is 0 Å². The largest absolute Gasteiger partial charge is 0.387 e. The SMILES string of the molecule is C1CCC1.C=C(C)NC(CC(/C=C\C)=C/C)C(=C)NCCc1ccccc1.CC.CC.CC. The molecule has 0 heterocycles. The lowest BCUT2D eigenvalue weighted by molar-refractivity contribution is 0.504. The van der Waals surface area contributed by atoms with Gasteiger partial charge in [-0.15, -0.1) is 0 Å². The highest BCUT2D eigenvalue weighted by molar-refractivity contribution is 5.23. The number of hydrogen-bond acceptors (Lipinski definition) is 2. The molecule has 33 heavy (non-hydrogen) atoms. The van der Waals surface area contributed by atoms with Crippen molar-refractivity contribution in [1.82, 2.24) is 10.6 Å². The van der Waals surface area contributed by atoms with Crippen molar-refractivity contribution < 1.29 is 0 Å². The van der Waals surface area contributed by atoms with Crippen LogP contribution in [-0.4, -0.2) is 12.6 Å². The summed E-state index contributed by atoms with van der Waals surface area (Å²) in [7, 11) is 0. The third-order valence-electron chi connectivity index (χ3n) is 4.64. The second-order valence-corrected chi connectivity index (χ2v) is 7.15. The van der Waals surface area contributed by atoms with Crippen molar-refractivity contribution >= 4 is 0 Å². The zero-order chi connectivity index (χ0) is 25.9. The van der Waals surface area contributed by atoms with Gasteiger partial charge in [-0.1, -0.05) is 135 Å². The van der Waals surface area contributed by atoms with Gasteiger partial charge in [-0.3, -0.25) is 0 Å². The summed E-state index contributed by atoms with van der Waals surface area (Å²) in [4.78, 5) is 0. The fraction of sp³-hybridized carbons (Fsp3) is 0.548. The molecule has 0 aliphatic heterocycles. The smallest absolute Gasteiger partial charge is 0.0690 e. The zero-order valence-corrected chi connectivity index (χ0v) is 23.6. The molecule has 2 heteroatoms. The summed E-state index contributed by atoms with van der Waals surface area (Å²) >= 11 is 0. The Kier molecular flexibility index (Phi) is 29.8. The minimum Gasteiger partial charge on any atom is -0.387 e. The van der Waals surface area contributed by atoms with Crippen LogP contribution in [0.3, 0.4) is 0 Å². The first-order chi connectivity index (χ1) is 16.1. The van der Waals surface area contributed by atoms with E-state index in [1.807, 2.05) is 61.5 Å². The second kappa shape index (κ2) is 27.8. The maximum absolute atomic E-state index is 4.22. The van der Waals surface area contributed by atoms with Crippen molar-refractivity contribution in [3.8, 4) is 0 Å². The lowest BCUT2D eigenvalue weighted by Crippen LogP contribution is -2.36. The molecule has 190 valence electrons. The summed E-state index contributed by atoms with van der Waals surface area (Å²) in [6.07, 6.45) is 14.2. The fourth-order valence-electron chi connectivity index (χ4n) is 2.68. The topological polar surface area (TPSA) is 24.1 Å². The minimum absolute atomic E-state index is 0.144. The first kappa shape index (κ1) is 35.4. The first-order valence-corrected chi connectivity index (χ1v) is 13.2. The summed E-state index contributed by atoms with van der Waals surface area (Å²) in [5.74, 6) is 0. The Labute approximate surface area is 208 Å². The predicted molar refractivity (Wildman–Crippen MR) is 155 cm³/mol. The zero-order valence-electron chi connectivity index (χ0n) is 23.6. The van der Waals surface area contributed by atoms with E-state index in [0.29, 0.717) is 0 Å². The third-order valence-corrected chi connectivity index (χ3v) is 4.64. The molecule has 2 N–H and O–H groups in total. The molecule has 0 amide bonds. The van der Waals surface area contributed by atoms with Crippen LogP contribution >= 0.6 is 0 Å². The van der Waals surface area contributed by atoms with Gasteiger partial charge in [0.1, 0.15) is 0 Å². The van der Waals surface area contributed by atoms with Crippen molar-refractivity contribution in [3.63, 3.8) is 0 Å². The Bertz CT molecular complexity index is 603. The summed E-state index contributed by atoms with van der Waals surface area (Å²) in [6.45, 7) is 27.2. The molecule has 0 spiro atoms. The molecule has 0 saturated heterocycles.